The Morgan fingerprint density at radius 1 is 1.00 bits per heavy atom. The predicted octanol–water partition coefficient (Wildman–Crippen LogP) is 2.94. The molecule has 9 heteroatoms. The lowest BCUT2D eigenvalue weighted by Gasteiger charge is -2.33. The van der Waals surface area contributed by atoms with Crippen LogP contribution >= 0.6 is 23.2 Å². The second-order valence-electron chi connectivity index (χ2n) is 6.17. The van der Waals surface area contributed by atoms with E-state index in [1.165, 1.54) is 10.4 Å². The van der Waals surface area contributed by atoms with E-state index in [4.69, 9.17) is 23.2 Å². The SMILES string of the molecule is O=C(CN1CCN(S(=O)(=O)c2ccccc2Cl)CC1)Nc1cccc(Cl)c1. The quantitative estimate of drug-likeness (QED) is 0.795. The van der Waals surface area contributed by atoms with Gasteiger partial charge in [-0.25, -0.2) is 8.42 Å². The van der Waals surface area contributed by atoms with Crippen molar-refractivity contribution in [3.8, 4) is 0 Å². The third-order valence-corrected chi connectivity index (χ3v) is 6.89. The fourth-order valence-electron chi connectivity index (χ4n) is 2.89. The van der Waals surface area contributed by atoms with Gasteiger partial charge in [-0.05, 0) is 30.3 Å². The Morgan fingerprint density at radius 3 is 2.37 bits per heavy atom. The van der Waals surface area contributed by atoms with Gasteiger partial charge in [0.2, 0.25) is 15.9 Å². The smallest absolute Gasteiger partial charge is 0.244 e. The average Bonchev–Trinajstić information content (AvgIpc) is 2.62. The third-order valence-electron chi connectivity index (χ3n) is 4.26. The lowest BCUT2D eigenvalue weighted by molar-refractivity contribution is -0.117. The predicted molar refractivity (Wildman–Crippen MR) is 107 cm³/mol. The highest BCUT2D eigenvalue weighted by Crippen LogP contribution is 2.25. The lowest BCUT2D eigenvalue weighted by atomic mass is 10.3. The molecule has 1 N–H and O–H groups in total. The van der Waals surface area contributed by atoms with E-state index in [1.807, 2.05) is 4.90 Å². The number of hydrogen-bond donors (Lipinski definition) is 1. The molecule has 0 spiro atoms. The summed E-state index contributed by atoms with van der Waals surface area (Å²) >= 11 is 11.9. The molecule has 2 aromatic rings. The standard InChI is InChI=1S/C18H19Cl2N3O3S/c19-14-4-3-5-15(12-14)21-18(24)13-22-8-10-23(11-9-22)27(25,26)17-7-2-1-6-16(17)20/h1-7,12H,8-11,13H2,(H,21,24). The lowest BCUT2D eigenvalue weighted by Crippen LogP contribution is -2.50. The molecule has 0 bridgehead atoms. The summed E-state index contributed by atoms with van der Waals surface area (Å²) < 4.78 is 26.9. The largest absolute Gasteiger partial charge is 0.325 e. The molecule has 27 heavy (non-hydrogen) atoms. The van der Waals surface area contributed by atoms with Gasteiger partial charge in [-0.15, -0.1) is 0 Å². The van der Waals surface area contributed by atoms with E-state index in [9.17, 15) is 13.2 Å². The zero-order valence-electron chi connectivity index (χ0n) is 14.4. The van der Waals surface area contributed by atoms with E-state index in [2.05, 4.69) is 5.32 Å². The Labute approximate surface area is 168 Å². The van der Waals surface area contributed by atoms with Crippen LogP contribution in [-0.2, 0) is 14.8 Å². The summed E-state index contributed by atoms with van der Waals surface area (Å²) in [7, 11) is -3.64. The molecular weight excluding hydrogens is 409 g/mol. The van der Waals surface area contributed by atoms with Crippen LogP contribution in [0.2, 0.25) is 10.0 Å². The van der Waals surface area contributed by atoms with Crippen molar-refractivity contribution in [2.75, 3.05) is 38.0 Å². The molecule has 0 radical (unpaired) electrons. The van der Waals surface area contributed by atoms with Gasteiger partial charge in [0.25, 0.3) is 0 Å². The van der Waals surface area contributed by atoms with E-state index >= 15 is 0 Å². The summed E-state index contributed by atoms with van der Waals surface area (Å²) in [4.78, 5) is 14.2. The summed E-state index contributed by atoms with van der Waals surface area (Å²) in [6.07, 6.45) is 0. The van der Waals surface area contributed by atoms with Crippen LogP contribution in [0.5, 0.6) is 0 Å². The number of rotatable bonds is 5. The van der Waals surface area contributed by atoms with Gasteiger partial charge in [0, 0.05) is 36.9 Å². The highest BCUT2D eigenvalue weighted by molar-refractivity contribution is 7.89. The van der Waals surface area contributed by atoms with Crippen molar-refractivity contribution in [1.82, 2.24) is 9.21 Å². The second-order valence-corrected chi connectivity index (χ2v) is 8.92. The normalized spacial score (nSPS) is 16.2. The van der Waals surface area contributed by atoms with E-state index in [0.29, 0.717) is 36.9 Å². The Kier molecular flexibility index (Phi) is 6.39. The maximum Gasteiger partial charge on any atom is 0.244 e. The number of halogens is 2. The van der Waals surface area contributed by atoms with Gasteiger partial charge in [-0.2, -0.15) is 4.31 Å². The number of sulfonamides is 1. The number of nitrogens with one attached hydrogen (secondary N) is 1. The zero-order valence-corrected chi connectivity index (χ0v) is 16.8. The summed E-state index contributed by atoms with van der Waals surface area (Å²) in [5.41, 5.74) is 0.632. The zero-order chi connectivity index (χ0) is 19.4. The fourth-order valence-corrected chi connectivity index (χ4v) is 5.00. The van der Waals surface area contributed by atoms with Crippen LogP contribution in [0.25, 0.3) is 0 Å². The maximum absolute atomic E-state index is 12.7. The fraction of sp³-hybridized carbons (Fsp3) is 0.278. The molecule has 1 aliphatic heterocycles. The Balaban J connectivity index is 1.56. The molecule has 1 aliphatic rings. The number of nitrogens with zero attached hydrogens (tertiary/aromatic N) is 2. The summed E-state index contributed by atoms with van der Waals surface area (Å²) in [6.45, 7) is 1.72. The number of hydrogen-bond acceptors (Lipinski definition) is 4. The Morgan fingerprint density at radius 2 is 1.70 bits per heavy atom. The van der Waals surface area contributed by atoms with E-state index in [-0.39, 0.29) is 22.4 Å². The molecule has 1 fully saturated rings. The van der Waals surface area contributed by atoms with E-state index in [0.717, 1.165) is 0 Å². The van der Waals surface area contributed by atoms with Crippen LogP contribution in [0.4, 0.5) is 5.69 Å². The molecular formula is C18H19Cl2N3O3S. The number of benzene rings is 2. The molecule has 1 saturated heterocycles. The first-order chi connectivity index (χ1) is 12.9. The molecule has 2 aromatic carbocycles. The topological polar surface area (TPSA) is 69.7 Å². The summed E-state index contributed by atoms with van der Waals surface area (Å²) in [5.74, 6) is -0.167. The molecule has 6 nitrogen and oxygen atoms in total. The van der Waals surface area contributed by atoms with Gasteiger partial charge < -0.3 is 5.32 Å². The minimum Gasteiger partial charge on any atom is -0.325 e. The minimum absolute atomic E-state index is 0.110. The van der Waals surface area contributed by atoms with Gasteiger partial charge in [0.15, 0.2) is 0 Å². The number of piperazine rings is 1. The van der Waals surface area contributed by atoms with Gasteiger partial charge in [0.1, 0.15) is 4.90 Å². The minimum atomic E-state index is -3.64. The summed E-state index contributed by atoms with van der Waals surface area (Å²) in [6, 6.07) is 13.3. The second kappa shape index (κ2) is 8.58. The maximum atomic E-state index is 12.7. The van der Waals surface area contributed by atoms with Crippen LogP contribution in [0.3, 0.4) is 0 Å². The van der Waals surface area contributed by atoms with Gasteiger partial charge in [-0.3, -0.25) is 9.69 Å². The molecule has 0 aliphatic carbocycles. The molecule has 0 unspecified atom stereocenters. The Bertz CT molecular complexity index is 929. The van der Waals surface area contributed by atoms with Crippen LogP contribution in [0.1, 0.15) is 0 Å². The van der Waals surface area contributed by atoms with Crippen molar-refractivity contribution in [1.29, 1.82) is 0 Å². The van der Waals surface area contributed by atoms with Crippen LogP contribution in [0.15, 0.2) is 53.4 Å². The molecule has 0 atom stereocenters. The molecule has 144 valence electrons. The number of anilines is 1. The van der Waals surface area contributed by atoms with E-state index < -0.39 is 10.0 Å². The monoisotopic (exact) mass is 427 g/mol. The van der Waals surface area contributed by atoms with Crippen LogP contribution in [0, 0.1) is 0 Å². The highest BCUT2D eigenvalue weighted by Gasteiger charge is 2.30. The molecule has 0 saturated carbocycles. The van der Waals surface area contributed by atoms with Gasteiger partial charge in [0.05, 0.1) is 11.6 Å². The first kappa shape index (κ1) is 20.1. The van der Waals surface area contributed by atoms with Gasteiger partial charge in [-0.1, -0.05) is 41.4 Å². The Hall–Kier alpha value is -1.64. The van der Waals surface area contributed by atoms with Crippen molar-refractivity contribution in [2.24, 2.45) is 0 Å². The first-order valence-corrected chi connectivity index (χ1v) is 10.6. The van der Waals surface area contributed by atoms with Gasteiger partial charge >= 0.3 is 0 Å². The van der Waals surface area contributed by atoms with Crippen molar-refractivity contribution in [2.45, 2.75) is 4.90 Å². The van der Waals surface area contributed by atoms with Crippen molar-refractivity contribution in [3.63, 3.8) is 0 Å². The molecule has 1 amide bonds. The first-order valence-electron chi connectivity index (χ1n) is 8.39. The summed E-state index contributed by atoms with van der Waals surface area (Å²) in [5, 5.41) is 3.55. The number of amides is 1. The number of carbonyl (C=O) groups excluding carboxylic acids is 1. The third kappa shape index (κ3) is 5.00. The molecule has 1 heterocycles. The molecule has 0 aromatic heterocycles. The highest BCUT2D eigenvalue weighted by atomic mass is 35.5. The van der Waals surface area contributed by atoms with Crippen molar-refractivity contribution in [3.05, 3.63) is 58.6 Å². The molecule has 3 rings (SSSR count). The van der Waals surface area contributed by atoms with Crippen molar-refractivity contribution >= 4 is 44.8 Å². The van der Waals surface area contributed by atoms with Crippen LogP contribution in [-0.4, -0.2) is 56.3 Å². The van der Waals surface area contributed by atoms with E-state index in [1.54, 1.807) is 42.5 Å². The number of carbonyl (C=O) groups is 1. The van der Waals surface area contributed by atoms with Crippen LogP contribution < -0.4 is 5.32 Å². The van der Waals surface area contributed by atoms with Crippen molar-refractivity contribution < 1.29 is 13.2 Å². The average molecular weight is 428 g/mol.